The summed E-state index contributed by atoms with van der Waals surface area (Å²) >= 11 is 0. The molecule has 0 aliphatic carbocycles. The van der Waals surface area contributed by atoms with Crippen molar-refractivity contribution in [3.8, 4) is 17.7 Å². The SMILES string of the molecule is N#Cc1ccc(OCc2cccc(OC3CCN(Cc4nccn4CC4CCO4)CC3)n2)c(F)c1. The highest BCUT2D eigenvalue weighted by Crippen LogP contribution is 2.22. The van der Waals surface area contributed by atoms with Gasteiger partial charge in [-0.05, 0) is 43.5 Å². The number of hydrogen-bond donors (Lipinski definition) is 0. The van der Waals surface area contributed by atoms with E-state index in [2.05, 4.69) is 19.4 Å². The second-order valence-electron chi connectivity index (χ2n) is 8.88. The van der Waals surface area contributed by atoms with Crippen LogP contribution in [-0.2, 0) is 24.4 Å². The van der Waals surface area contributed by atoms with E-state index >= 15 is 0 Å². The van der Waals surface area contributed by atoms with E-state index in [1.54, 1.807) is 0 Å². The Bertz CT molecular complexity index is 1180. The second-order valence-corrected chi connectivity index (χ2v) is 8.88. The Balaban J connectivity index is 1.09. The highest BCUT2D eigenvalue weighted by Gasteiger charge is 2.24. The minimum atomic E-state index is -0.568. The Hall–Kier alpha value is -3.48. The van der Waals surface area contributed by atoms with Crippen LogP contribution in [0.25, 0.3) is 0 Å². The third-order valence-electron chi connectivity index (χ3n) is 6.40. The van der Waals surface area contributed by atoms with E-state index < -0.39 is 5.82 Å². The third kappa shape index (κ3) is 5.96. The van der Waals surface area contributed by atoms with Gasteiger partial charge in [0.25, 0.3) is 0 Å². The average molecular weight is 478 g/mol. The van der Waals surface area contributed by atoms with Crippen molar-refractivity contribution in [3.63, 3.8) is 0 Å². The first kappa shape index (κ1) is 23.3. The first-order valence-corrected chi connectivity index (χ1v) is 12.0. The van der Waals surface area contributed by atoms with Crippen LogP contribution in [0.15, 0.2) is 48.8 Å². The summed E-state index contributed by atoms with van der Waals surface area (Å²) in [7, 11) is 0. The molecule has 3 aromatic rings. The summed E-state index contributed by atoms with van der Waals surface area (Å²) in [5.74, 6) is 1.14. The molecule has 0 bridgehead atoms. The molecule has 2 saturated heterocycles. The van der Waals surface area contributed by atoms with Gasteiger partial charge in [-0.25, -0.2) is 14.4 Å². The molecule has 2 aliphatic rings. The summed E-state index contributed by atoms with van der Waals surface area (Å²) in [6.45, 7) is 4.53. The van der Waals surface area contributed by atoms with Crippen molar-refractivity contribution in [1.29, 1.82) is 5.26 Å². The smallest absolute Gasteiger partial charge is 0.213 e. The zero-order valence-corrected chi connectivity index (χ0v) is 19.5. The number of likely N-dealkylation sites (tertiary alicyclic amines) is 1. The summed E-state index contributed by atoms with van der Waals surface area (Å²) in [6, 6.07) is 11.5. The Labute approximate surface area is 203 Å². The Morgan fingerprint density at radius 3 is 2.77 bits per heavy atom. The van der Waals surface area contributed by atoms with Gasteiger partial charge < -0.3 is 18.8 Å². The van der Waals surface area contributed by atoms with Crippen molar-refractivity contribution in [3.05, 3.63) is 71.7 Å². The molecule has 1 unspecified atom stereocenters. The van der Waals surface area contributed by atoms with Crippen molar-refractivity contribution in [2.24, 2.45) is 0 Å². The van der Waals surface area contributed by atoms with Gasteiger partial charge >= 0.3 is 0 Å². The second kappa shape index (κ2) is 10.8. The lowest BCUT2D eigenvalue weighted by Gasteiger charge is -2.32. The number of nitrogens with zero attached hydrogens (tertiary/aromatic N) is 5. The number of rotatable bonds is 9. The van der Waals surface area contributed by atoms with Gasteiger partial charge in [0.15, 0.2) is 11.6 Å². The van der Waals surface area contributed by atoms with E-state index in [1.165, 1.54) is 12.1 Å². The molecular weight excluding hydrogens is 449 g/mol. The van der Waals surface area contributed by atoms with Crippen LogP contribution >= 0.6 is 0 Å². The molecule has 1 atom stereocenters. The molecule has 0 saturated carbocycles. The van der Waals surface area contributed by atoms with Crippen molar-refractivity contribution < 1.29 is 18.6 Å². The maximum Gasteiger partial charge on any atom is 0.213 e. The Morgan fingerprint density at radius 1 is 1.17 bits per heavy atom. The van der Waals surface area contributed by atoms with Gasteiger partial charge in [-0.3, -0.25) is 4.90 Å². The molecule has 182 valence electrons. The third-order valence-corrected chi connectivity index (χ3v) is 6.40. The van der Waals surface area contributed by atoms with Gasteiger partial charge in [0.05, 0.1) is 36.5 Å². The molecule has 8 nitrogen and oxygen atoms in total. The predicted molar refractivity (Wildman–Crippen MR) is 125 cm³/mol. The van der Waals surface area contributed by atoms with E-state index in [9.17, 15) is 4.39 Å². The van der Waals surface area contributed by atoms with Crippen molar-refractivity contribution >= 4 is 0 Å². The van der Waals surface area contributed by atoms with Gasteiger partial charge in [0.2, 0.25) is 5.88 Å². The first-order chi connectivity index (χ1) is 17.2. The molecular formula is C26H28FN5O3. The number of ether oxygens (including phenoxy) is 3. The Morgan fingerprint density at radius 2 is 2.03 bits per heavy atom. The highest BCUT2D eigenvalue weighted by molar-refractivity contribution is 5.36. The lowest BCUT2D eigenvalue weighted by Crippen LogP contribution is -2.39. The van der Waals surface area contributed by atoms with Crippen LogP contribution in [0, 0.1) is 17.1 Å². The minimum absolute atomic E-state index is 0.0883. The summed E-state index contributed by atoms with van der Waals surface area (Å²) in [4.78, 5) is 11.5. The van der Waals surface area contributed by atoms with E-state index in [-0.39, 0.29) is 24.0 Å². The topological polar surface area (TPSA) is 85.4 Å². The number of nitriles is 1. The van der Waals surface area contributed by atoms with Crippen molar-refractivity contribution in [1.82, 2.24) is 19.4 Å². The first-order valence-electron chi connectivity index (χ1n) is 12.0. The standard InChI is InChI=1S/C26H28FN5O3/c27-23-14-19(15-28)4-5-24(23)34-18-20-2-1-3-26(30-20)35-21-6-10-31(11-7-21)17-25-29-9-12-32(25)16-22-8-13-33-22/h1-5,9,12,14,21-22H,6-8,10-11,13,16-18H2. The number of hydrogen-bond acceptors (Lipinski definition) is 7. The number of benzene rings is 1. The molecule has 0 N–H and O–H groups in total. The monoisotopic (exact) mass is 477 g/mol. The zero-order chi connectivity index (χ0) is 24.0. The van der Waals surface area contributed by atoms with Crippen molar-refractivity contribution in [2.75, 3.05) is 19.7 Å². The van der Waals surface area contributed by atoms with Crippen LogP contribution in [0.2, 0.25) is 0 Å². The molecule has 0 spiro atoms. The molecule has 35 heavy (non-hydrogen) atoms. The van der Waals surface area contributed by atoms with Crippen LogP contribution < -0.4 is 9.47 Å². The van der Waals surface area contributed by atoms with Crippen molar-refractivity contribution in [2.45, 2.75) is 51.2 Å². The van der Waals surface area contributed by atoms with Crippen LogP contribution in [0.3, 0.4) is 0 Å². The maximum atomic E-state index is 14.0. The van der Waals surface area contributed by atoms with E-state index in [1.807, 2.05) is 36.7 Å². The number of pyridine rings is 1. The summed E-state index contributed by atoms with van der Waals surface area (Å²) < 4.78 is 33.5. The summed E-state index contributed by atoms with van der Waals surface area (Å²) in [6.07, 6.45) is 7.24. The Kier molecular flexibility index (Phi) is 7.21. The number of piperidine rings is 1. The fraction of sp³-hybridized carbons (Fsp3) is 0.423. The van der Waals surface area contributed by atoms with E-state index in [0.29, 0.717) is 17.7 Å². The number of halogens is 1. The lowest BCUT2D eigenvalue weighted by molar-refractivity contribution is -0.0598. The van der Waals surface area contributed by atoms with Crippen LogP contribution in [0.1, 0.15) is 36.3 Å². The lowest BCUT2D eigenvalue weighted by atomic mass is 10.1. The fourth-order valence-electron chi connectivity index (χ4n) is 4.30. The maximum absolute atomic E-state index is 14.0. The average Bonchev–Trinajstić information content (AvgIpc) is 3.28. The summed E-state index contributed by atoms with van der Waals surface area (Å²) in [5.41, 5.74) is 0.897. The van der Waals surface area contributed by atoms with Gasteiger partial charge in [0, 0.05) is 38.2 Å². The predicted octanol–water partition coefficient (Wildman–Crippen LogP) is 3.70. The number of aromatic nitrogens is 3. The van der Waals surface area contributed by atoms with Gasteiger partial charge in [0.1, 0.15) is 18.5 Å². The molecule has 4 heterocycles. The normalized spacial score (nSPS) is 18.6. The fourth-order valence-corrected chi connectivity index (χ4v) is 4.30. The molecule has 5 rings (SSSR count). The molecule has 0 amide bonds. The van der Waals surface area contributed by atoms with Gasteiger partial charge in [-0.2, -0.15) is 5.26 Å². The quantitative estimate of drug-likeness (QED) is 0.465. The van der Waals surface area contributed by atoms with Gasteiger partial charge in [-0.15, -0.1) is 0 Å². The van der Waals surface area contributed by atoms with E-state index in [0.717, 1.165) is 63.9 Å². The molecule has 2 fully saturated rings. The van der Waals surface area contributed by atoms with Crippen LogP contribution in [0.5, 0.6) is 11.6 Å². The molecule has 2 aromatic heterocycles. The molecule has 0 radical (unpaired) electrons. The summed E-state index contributed by atoms with van der Waals surface area (Å²) in [5, 5.41) is 8.86. The van der Waals surface area contributed by atoms with Crippen LogP contribution in [0.4, 0.5) is 4.39 Å². The highest BCUT2D eigenvalue weighted by atomic mass is 19.1. The molecule has 1 aromatic carbocycles. The minimum Gasteiger partial charge on any atom is -0.484 e. The zero-order valence-electron chi connectivity index (χ0n) is 19.5. The van der Waals surface area contributed by atoms with Gasteiger partial charge in [-0.1, -0.05) is 6.07 Å². The molecule has 2 aliphatic heterocycles. The largest absolute Gasteiger partial charge is 0.484 e. The number of imidazole rings is 1. The molecule has 9 heteroatoms. The van der Waals surface area contributed by atoms with Crippen LogP contribution in [-0.4, -0.2) is 51.3 Å². The van der Waals surface area contributed by atoms with E-state index in [4.69, 9.17) is 19.5 Å².